The number of nitrogens with one attached hydrogen (secondary N) is 1. The van der Waals surface area contributed by atoms with E-state index in [0.29, 0.717) is 12.5 Å². The highest BCUT2D eigenvalue weighted by atomic mass is 79.9. The topological polar surface area (TPSA) is 58.1 Å². The Bertz CT molecular complexity index is 971. The van der Waals surface area contributed by atoms with Crippen LogP contribution in [0.15, 0.2) is 65.4 Å². The van der Waals surface area contributed by atoms with Gasteiger partial charge in [-0.25, -0.2) is 9.97 Å². The van der Waals surface area contributed by atoms with E-state index in [2.05, 4.69) is 67.3 Å². The van der Waals surface area contributed by atoms with Crippen LogP contribution in [0.5, 0.6) is 0 Å². The molecule has 1 aromatic heterocycles. The summed E-state index contributed by atoms with van der Waals surface area (Å²) in [5, 5.41) is 3.02. The van der Waals surface area contributed by atoms with Crippen molar-refractivity contribution in [3.63, 3.8) is 0 Å². The molecular weight excluding hydrogens is 428 g/mol. The van der Waals surface area contributed by atoms with Gasteiger partial charge in [-0.05, 0) is 49.6 Å². The first-order chi connectivity index (χ1) is 14.1. The van der Waals surface area contributed by atoms with E-state index >= 15 is 0 Å². The summed E-state index contributed by atoms with van der Waals surface area (Å²) in [6.07, 6.45) is 5.54. The number of hydrogen-bond donors (Lipinski definition) is 1. The highest BCUT2D eigenvalue weighted by Gasteiger charge is 2.27. The SMILES string of the molecule is Cc1ccc(-c2cnc(N3CCC[C@H](C(=O)Nc4ccc(Br)cc4)C3)nc2)cc1. The number of piperidine rings is 1. The Morgan fingerprint density at radius 1 is 1.03 bits per heavy atom. The van der Waals surface area contributed by atoms with E-state index in [4.69, 9.17) is 0 Å². The second kappa shape index (κ2) is 8.74. The van der Waals surface area contributed by atoms with Gasteiger partial charge in [0.1, 0.15) is 0 Å². The molecule has 1 aliphatic heterocycles. The molecule has 0 aliphatic carbocycles. The third-order valence-electron chi connectivity index (χ3n) is 5.21. The Hall–Kier alpha value is -2.73. The number of carbonyl (C=O) groups is 1. The fraction of sp³-hybridized carbons (Fsp3) is 0.261. The van der Waals surface area contributed by atoms with E-state index < -0.39 is 0 Å². The number of carbonyl (C=O) groups excluding carboxylic acids is 1. The third kappa shape index (κ3) is 4.82. The number of anilines is 2. The fourth-order valence-electron chi connectivity index (χ4n) is 3.53. The molecule has 1 saturated heterocycles. The molecule has 0 unspecified atom stereocenters. The van der Waals surface area contributed by atoms with Crippen LogP contribution in [0.1, 0.15) is 18.4 Å². The van der Waals surface area contributed by atoms with E-state index in [-0.39, 0.29) is 11.8 Å². The fourth-order valence-corrected chi connectivity index (χ4v) is 3.79. The normalized spacial score (nSPS) is 16.5. The number of rotatable bonds is 4. The Balaban J connectivity index is 1.41. The van der Waals surface area contributed by atoms with Crippen LogP contribution < -0.4 is 10.2 Å². The molecule has 5 nitrogen and oxygen atoms in total. The lowest BCUT2D eigenvalue weighted by Crippen LogP contribution is -2.41. The van der Waals surface area contributed by atoms with Crippen molar-refractivity contribution in [1.82, 2.24) is 9.97 Å². The largest absolute Gasteiger partial charge is 0.340 e. The molecule has 0 spiro atoms. The summed E-state index contributed by atoms with van der Waals surface area (Å²) >= 11 is 3.41. The summed E-state index contributed by atoms with van der Waals surface area (Å²) in [6, 6.07) is 16.0. The highest BCUT2D eigenvalue weighted by Crippen LogP contribution is 2.24. The van der Waals surface area contributed by atoms with Crippen LogP contribution in [0.4, 0.5) is 11.6 Å². The molecule has 0 saturated carbocycles. The average molecular weight is 451 g/mol. The minimum Gasteiger partial charge on any atom is -0.340 e. The van der Waals surface area contributed by atoms with E-state index in [1.807, 2.05) is 36.7 Å². The van der Waals surface area contributed by atoms with Crippen molar-refractivity contribution < 1.29 is 4.79 Å². The van der Waals surface area contributed by atoms with Gasteiger partial charge in [0, 0.05) is 41.2 Å². The van der Waals surface area contributed by atoms with Crippen LogP contribution in [0, 0.1) is 12.8 Å². The van der Waals surface area contributed by atoms with Gasteiger partial charge >= 0.3 is 0 Å². The number of benzene rings is 2. The average Bonchev–Trinajstić information content (AvgIpc) is 2.76. The second-order valence-electron chi connectivity index (χ2n) is 7.42. The van der Waals surface area contributed by atoms with Gasteiger partial charge in [-0.2, -0.15) is 0 Å². The number of halogens is 1. The van der Waals surface area contributed by atoms with Crippen LogP contribution >= 0.6 is 15.9 Å². The number of hydrogen-bond acceptors (Lipinski definition) is 4. The van der Waals surface area contributed by atoms with Crippen molar-refractivity contribution in [1.29, 1.82) is 0 Å². The Morgan fingerprint density at radius 3 is 2.41 bits per heavy atom. The van der Waals surface area contributed by atoms with Gasteiger partial charge in [0.2, 0.25) is 11.9 Å². The van der Waals surface area contributed by atoms with Gasteiger partial charge < -0.3 is 10.2 Å². The molecule has 29 heavy (non-hydrogen) atoms. The highest BCUT2D eigenvalue weighted by molar-refractivity contribution is 9.10. The zero-order valence-corrected chi connectivity index (χ0v) is 17.9. The van der Waals surface area contributed by atoms with Crippen molar-refractivity contribution in [3.8, 4) is 11.1 Å². The van der Waals surface area contributed by atoms with Gasteiger partial charge in [-0.1, -0.05) is 45.8 Å². The Labute approximate surface area is 179 Å². The van der Waals surface area contributed by atoms with Gasteiger partial charge in [0.05, 0.1) is 5.92 Å². The quantitative estimate of drug-likeness (QED) is 0.602. The van der Waals surface area contributed by atoms with Crippen molar-refractivity contribution in [2.45, 2.75) is 19.8 Å². The van der Waals surface area contributed by atoms with Crippen LogP contribution in [0.3, 0.4) is 0 Å². The lowest BCUT2D eigenvalue weighted by molar-refractivity contribution is -0.120. The minimum atomic E-state index is -0.0761. The third-order valence-corrected chi connectivity index (χ3v) is 5.74. The molecule has 2 aromatic carbocycles. The molecule has 1 amide bonds. The van der Waals surface area contributed by atoms with Gasteiger partial charge in [0.25, 0.3) is 0 Å². The maximum Gasteiger partial charge on any atom is 0.229 e. The van der Waals surface area contributed by atoms with Crippen LogP contribution in [0.25, 0.3) is 11.1 Å². The monoisotopic (exact) mass is 450 g/mol. The van der Waals surface area contributed by atoms with Crippen molar-refractivity contribution >= 4 is 33.5 Å². The summed E-state index contributed by atoms with van der Waals surface area (Å²) in [6.45, 7) is 3.57. The maximum absolute atomic E-state index is 12.7. The van der Waals surface area contributed by atoms with E-state index in [1.54, 1.807) is 0 Å². The molecule has 1 fully saturated rings. The first-order valence-electron chi connectivity index (χ1n) is 9.79. The molecule has 0 bridgehead atoms. The molecule has 148 valence electrons. The summed E-state index contributed by atoms with van der Waals surface area (Å²) in [4.78, 5) is 23.9. The van der Waals surface area contributed by atoms with Crippen molar-refractivity contribution in [3.05, 3.63) is 71.0 Å². The molecule has 4 rings (SSSR count). The molecule has 2 heterocycles. The Kier molecular flexibility index (Phi) is 5.90. The van der Waals surface area contributed by atoms with Gasteiger partial charge in [-0.15, -0.1) is 0 Å². The number of nitrogens with zero attached hydrogens (tertiary/aromatic N) is 3. The number of aryl methyl sites for hydroxylation is 1. The van der Waals surface area contributed by atoms with E-state index in [0.717, 1.165) is 40.7 Å². The number of amides is 1. The zero-order valence-electron chi connectivity index (χ0n) is 16.3. The lowest BCUT2D eigenvalue weighted by Gasteiger charge is -2.32. The summed E-state index contributed by atoms with van der Waals surface area (Å²) < 4.78 is 0.991. The number of aromatic nitrogens is 2. The molecule has 1 N–H and O–H groups in total. The predicted octanol–water partition coefficient (Wildman–Crippen LogP) is 5.07. The standard InChI is InChI=1S/C23H23BrN4O/c1-16-4-6-17(7-5-16)19-13-25-23(26-14-19)28-12-2-3-18(15-28)22(29)27-21-10-8-20(24)9-11-21/h4-11,13-14,18H,2-3,12,15H2,1H3,(H,27,29)/t18-/m0/s1. The summed E-state index contributed by atoms with van der Waals surface area (Å²) in [5.41, 5.74) is 4.14. The van der Waals surface area contributed by atoms with E-state index in [1.165, 1.54) is 5.56 Å². The maximum atomic E-state index is 12.7. The first kappa shape index (κ1) is 19.6. The van der Waals surface area contributed by atoms with E-state index in [9.17, 15) is 4.79 Å². The smallest absolute Gasteiger partial charge is 0.229 e. The molecular formula is C23H23BrN4O. The summed E-state index contributed by atoms with van der Waals surface area (Å²) in [5.74, 6) is 0.656. The van der Waals surface area contributed by atoms with Crippen LogP contribution in [0.2, 0.25) is 0 Å². The molecule has 0 radical (unpaired) electrons. The molecule has 1 atom stereocenters. The van der Waals surface area contributed by atoms with Gasteiger partial charge in [-0.3, -0.25) is 4.79 Å². The van der Waals surface area contributed by atoms with Crippen LogP contribution in [-0.4, -0.2) is 29.0 Å². The molecule has 1 aliphatic rings. The second-order valence-corrected chi connectivity index (χ2v) is 8.33. The van der Waals surface area contributed by atoms with Crippen molar-refractivity contribution in [2.75, 3.05) is 23.3 Å². The lowest BCUT2D eigenvalue weighted by atomic mass is 9.97. The Morgan fingerprint density at radius 2 is 1.72 bits per heavy atom. The molecule has 3 aromatic rings. The van der Waals surface area contributed by atoms with Crippen molar-refractivity contribution in [2.24, 2.45) is 5.92 Å². The zero-order chi connectivity index (χ0) is 20.2. The van der Waals surface area contributed by atoms with Gasteiger partial charge in [0.15, 0.2) is 0 Å². The predicted molar refractivity (Wildman–Crippen MR) is 120 cm³/mol. The van der Waals surface area contributed by atoms with Crippen LogP contribution in [-0.2, 0) is 4.79 Å². The summed E-state index contributed by atoms with van der Waals surface area (Å²) in [7, 11) is 0. The molecule has 6 heteroatoms. The first-order valence-corrected chi connectivity index (χ1v) is 10.6. The minimum absolute atomic E-state index is 0.0493.